The van der Waals surface area contributed by atoms with Gasteiger partial charge in [0, 0.05) is 31.0 Å². The zero-order chi connectivity index (χ0) is 12.2. The molecule has 1 N–H and O–H groups in total. The number of nitrogens with zero attached hydrogens (tertiary/aromatic N) is 2. The van der Waals surface area contributed by atoms with E-state index in [1.54, 1.807) is 0 Å². The van der Waals surface area contributed by atoms with Gasteiger partial charge in [-0.25, -0.2) is 9.97 Å². The molecule has 3 rings (SSSR count). The van der Waals surface area contributed by atoms with Crippen molar-refractivity contribution in [3.63, 3.8) is 0 Å². The molecule has 0 spiro atoms. The molecule has 0 amide bonds. The number of nitrogens with one attached hydrogen (secondary N) is 1. The van der Waals surface area contributed by atoms with Gasteiger partial charge in [-0.2, -0.15) is 0 Å². The van der Waals surface area contributed by atoms with E-state index in [2.05, 4.69) is 16.4 Å². The van der Waals surface area contributed by atoms with Crippen molar-refractivity contribution in [3.8, 4) is 0 Å². The number of ether oxygens (including phenoxy) is 1. The summed E-state index contributed by atoms with van der Waals surface area (Å²) < 4.78 is 5.41. The molecule has 0 bridgehead atoms. The molecule has 0 aliphatic carbocycles. The first-order chi connectivity index (χ1) is 8.93. The van der Waals surface area contributed by atoms with Gasteiger partial charge in [-0.05, 0) is 38.3 Å². The number of piperidine rings is 1. The van der Waals surface area contributed by atoms with Gasteiger partial charge in [0.2, 0.25) is 0 Å². The summed E-state index contributed by atoms with van der Waals surface area (Å²) in [6, 6.07) is 2.43. The Hall–Kier alpha value is -1.00. The Labute approximate surface area is 108 Å². The second-order valence-corrected chi connectivity index (χ2v) is 5.23. The van der Waals surface area contributed by atoms with E-state index >= 15 is 0 Å². The van der Waals surface area contributed by atoms with Crippen LogP contribution in [0.15, 0.2) is 12.3 Å². The normalized spacial score (nSPS) is 26.1. The molecule has 98 valence electrons. The van der Waals surface area contributed by atoms with Crippen molar-refractivity contribution in [1.29, 1.82) is 0 Å². The lowest BCUT2D eigenvalue weighted by Gasteiger charge is -2.25. The Morgan fingerprint density at radius 3 is 2.83 bits per heavy atom. The second kappa shape index (κ2) is 5.76. The Morgan fingerprint density at radius 2 is 2.06 bits per heavy atom. The van der Waals surface area contributed by atoms with E-state index in [0.717, 1.165) is 44.8 Å². The number of hydrogen-bond donors (Lipinski definition) is 1. The van der Waals surface area contributed by atoms with Crippen LogP contribution in [0.5, 0.6) is 0 Å². The van der Waals surface area contributed by atoms with E-state index in [4.69, 9.17) is 9.72 Å². The maximum atomic E-state index is 5.41. The van der Waals surface area contributed by atoms with Crippen molar-refractivity contribution in [1.82, 2.24) is 15.3 Å². The molecule has 1 aromatic heterocycles. The summed E-state index contributed by atoms with van der Waals surface area (Å²) in [5.41, 5.74) is 1.20. The Morgan fingerprint density at radius 1 is 1.17 bits per heavy atom. The highest BCUT2D eigenvalue weighted by molar-refractivity contribution is 5.11. The Balaban J connectivity index is 1.75. The largest absolute Gasteiger partial charge is 0.381 e. The molecule has 3 heterocycles. The maximum Gasteiger partial charge on any atom is 0.145 e. The van der Waals surface area contributed by atoms with Crippen LogP contribution in [-0.2, 0) is 4.74 Å². The molecule has 2 saturated heterocycles. The van der Waals surface area contributed by atoms with Crippen LogP contribution in [0.3, 0.4) is 0 Å². The highest BCUT2D eigenvalue weighted by Gasteiger charge is 2.21. The number of rotatable bonds is 2. The monoisotopic (exact) mass is 247 g/mol. The van der Waals surface area contributed by atoms with Crippen LogP contribution < -0.4 is 5.32 Å². The summed E-state index contributed by atoms with van der Waals surface area (Å²) in [5.74, 6) is 1.54. The van der Waals surface area contributed by atoms with Gasteiger partial charge in [-0.15, -0.1) is 0 Å². The minimum Gasteiger partial charge on any atom is -0.381 e. The first kappa shape index (κ1) is 12.1. The third kappa shape index (κ3) is 2.70. The summed E-state index contributed by atoms with van der Waals surface area (Å²) in [7, 11) is 0. The van der Waals surface area contributed by atoms with E-state index in [9.17, 15) is 0 Å². The van der Waals surface area contributed by atoms with Crippen LogP contribution in [0.4, 0.5) is 0 Å². The zero-order valence-electron chi connectivity index (χ0n) is 10.8. The third-order valence-corrected chi connectivity index (χ3v) is 3.96. The lowest BCUT2D eigenvalue weighted by molar-refractivity contribution is 0.0844. The van der Waals surface area contributed by atoms with Gasteiger partial charge in [0.15, 0.2) is 0 Å². The van der Waals surface area contributed by atoms with Crippen LogP contribution in [0.2, 0.25) is 0 Å². The molecule has 0 aromatic carbocycles. The first-order valence-corrected chi connectivity index (χ1v) is 7.07. The highest BCUT2D eigenvalue weighted by Crippen LogP contribution is 2.27. The maximum absolute atomic E-state index is 5.41. The quantitative estimate of drug-likeness (QED) is 0.870. The van der Waals surface area contributed by atoms with E-state index in [1.165, 1.54) is 18.5 Å². The van der Waals surface area contributed by atoms with Crippen molar-refractivity contribution >= 4 is 0 Å². The minimum absolute atomic E-state index is 0.360. The molecule has 0 radical (unpaired) electrons. The number of aromatic nitrogens is 2. The lowest BCUT2D eigenvalue weighted by atomic mass is 9.96. The van der Waals surface area contributed by atoms with Crippen molar-refractivity contribution in [2.75, 3.05) is 19.8 Å². The summed E-state index contributed by atoms with van der Waals surface area (Å²) >= 11 is 0. The van der Waals surface area contributed by atoms with Crippen LogP contribution in [0, 0.1) is 0 Å². The van der Waals surface area contributed by atoms with Gasteiger partial charge in [-0.3, -0.25) is 0 Å². The van der Waals surface area contributed by atoms with Gasteiger partial charge in [0.05, 0.1) is 6.04 Å². The fourth-order valence-electron chi connectivity index (χ4n) is 2.85. The minimum atomic E-state index is 0.360. The van der Waals surface area contributed by atoms with Gasteiger partial charge in [-0.1, -0.05) is 6.42 Å². The summed E-state index contributed by atoms with van der Waals surface area (Å²) in [6.07, 6.45) is 7.82. The average molecular weight is 247 g/mol. The number of hydrogen-bond acceptors (Lipinski definition) is 4. The summed E-state index contributed by atoms with van der Waals surface area (Å²) in [6.45, 7) is 2.83. The smallest absolute Gasteiger partial charge is 0.145 e. The van der Waals surface area contributed by atoms with E-state index in [1.807, 2.05) is 6.20 Å². The van der Waals surface area contributed by atoms with Crippen LogP contribution in [0.25, 0.3) is 0 Å². The van der Waals surface area contributed by atoms with E-state index in [0.29, 0.717) is 12.0 Å². The van der Waals surface area contributed by atoms with Gasteiger partial charge in [0.1, 0.15) is 5.82 Å². The van der Waals surface area contributed by atoms with Crippen molar-refractivity contribution < 1.29 is 4.74 Å². The molecular weight excluding hydrogens is 226 g/mol. The molecule has 2 aliphatic heterocycles. The topological polar surface area (TPSA) is 47.0 Å². The fourth-order valence-corrected chi connectivity index (χ4v) is 2.85. The van der Waals surface area contributed by atoms with Gasteiger partial charge < -0.3 is 10.1 Å². The SMILES string of the molecule is c1cc(C2CCOCC2)nc(C2CCCCN2)n1. The predicted octanol–water partition coefficient (Wildman–Crippen LogP) is 2.19. The zero-order valence-corrected chi connectivity index (χ0v) is 10.8. The molecule has 0 saturated carbocycles. The fraction of sp³-hybridized carbons (Fsp3) is 0.714. The van der Waals surface area contributed by atoms with Crippen LogP contribution >= 0.6 is 0 Å². The van der Waals surface area contributed by atoms with E-state index < -0.39 is 0 Å². The van der Waals surface area contributed by atoms with Crippen LogP contribution in [0.1, 0.15) is 55.6 Å². The molecule has 2 fully saturated rings. The standard InChI is InChI=1S/C14H21N3O/c1-2-7-15-13(3-1)14-16-8-4-12(17-14)11-5-9-18-10-6-11/h4,8,11,13,15H,1-3,5-7,9-10H2. The molecule has 4 nitrogen and oxygen atoms in total. The van der Waals surface area contributed by atoms with E-state index in [-0.39, 0.29) is 0 Å². The van der Waals surface area contributed by atoms with Crippen molar-refractivity contribution in [2.45, 2.75) is 44.1 Å². The molecule has 2 aliphatic rings. The van der Waals surface area contributed by atoms with Crippen LogP contribution in [-0.4, -0.2) is 29.7 Å². The van der Waals surface area contributed by atoms with Crippen molar-refractivity contribution in [2.24, 2.45) is 0 Å². The van der Waals surface area contributed by atoms with Gasteiger partial charge in [0.25, 0.3) is 0 Å². The highest BCUT2D eigenvalue weighted by atomic mass is 16.5. The molecule has 1 unspecified atom stereocenters. The first-order valence-electron chi connectivity index (χ1n) is 7.07. The third-order valence-electron chi connectivity index (χ3n) is 3.96. The molecule has 1 aromatic rings. The van der Waals surface area contributed by atoms with Gasteiger partial charge >= 0.3 is 0 Å². The predicted molar refractivity (Wildman–Crippen MR) is 69.4 cm³/mol. The Bertz CT molecular complexity index is 351. The summed E-state index contributed by atoms with van der Waals surface area (Å²) in [4.78, 5) is 9.24. The molecular formula is C14H21N3O. The summed E-state index contributed by atoms with van der Waals surface area (Å²) in [5, 5.41) is 3.52. The second-order valence-electron chi connectivity index (χ2n) is 5.23. The van der Waals surface area contributed by atoms with Crippen molar-refractivity contribution in [3.05, 3.63) is 23.8 Å². The lowest BCUT2D eigenvalue weighted by Crippen LogP contribution is -2.28. The Kier molecular flexibility index (Phi) is 3.86. The molecule has 1 atom stereocenters. The molecule has 4 heteroatoms. The average Bonchev–Trinajstić information content (AvgIpc) is 2.49. The molecule has 18 heavy (non-hydrogen) atoms.